The Bertz CT molecular complexity index is 376. The van der Waals surface area contributed by atoms with Crippen LogP contribution < -0.4 is 10.5 Å². The van der Waals surface area contributed by atoms with E-state index in [2.05, 4.69) is 13.0 Å². The lowest BCUT2D eigenvalue weighted by Crippen LogP contribution is -2.05. The van der Waals surface area contributed by atoms with Crippen LogP contribution in [0.2, 0.25) is 5.02 Å². The summed E-state index contributed by atoms with van der Waals surface area (Å²) in [5, 5.41) is 0.747. The van der Waals surface area contributed by atoms with E-state index in [0.29, 0.717) is 12.5 Å². The number of nitrogens with two attached hydrogens (primary N) is 1. The number of benzene rings is 1. The largest absolute Gasteiger partial charge is 0.493 e. The second-order valence-electron chi connectivity index (χ2n) is 4.95. The van der Waals surface area contributed by atoms with Gasteiger partial charge in [-0.2, -0.15) is 0 Å². The zero-order chi connectivity index (χ0) is 12.3. The van der Waals surface area contributed by atoms with Crippen LogP contribution in [-0.2, 0) is 0 Å². The molecule has 3 heteroatoms. The maximum Gasteiger partial charge on any atom is 0.121 e. The summed E-state index contributed by atoms with van der Waals surface area (Å²) in [4.78, 5) is 0. The monoisotopic (exact) mass is 253 g/mol. The van der Waals surface area contributed by atoms with Gasteiger partial charge >= 0.3 is 0 Å². The Labute approximate surface area is 108 Å². The van der Waals surface area contributed by atoms with E-state index in [0.717, 1.165) is 29.7 Å². The number of rotatable bonds is 6. The molecule has 1 saturated carbocycles. The Kier molecular flexibility index (Phi) is 4.30. The third-order valence-electron chi connectivity index (χ3n) is 3.24. The zero-order valence-electron chi connectivity index (χ0n) is 10.3. The van der Waals surface area contributed by atoms with Crippen molar-refractivity contribution in [3.05, 3.63) is 28.8 Å². The lowest BCUT2D eigenvalue weighted by Gasteiger charge is -2.13. The van der Waals surface area contributed by atoms with Crippen LogP contribution in [0.1, 0.15) is 37.7 Å². The summed E-state index contributed by atoms with van der Waals surface area (Å²) < 4.78 is 5.76. The molecule has 1 unspecified atom stereocenters. The molecule has 2 nitrogen and oxygen atoms in total. The molecule has 17 heavy (non-hydrogen) atoms. The summed E-state index contributed by atoms with van der Waals surface area (Å²) in [6, 6.07) is 5.99. The van der Waals surface area contributed by atoms with Gasteiger partial charge in [0.1, 0.15) is 5.75 Å². The highest BCUT2D eigenvalue weighted by Gasteiger charge is 2.22. The van der Waals surface area contributed by atoms with Crippen LogP contribution in [0.15, 0.2) is 18.2 Å². The maximum atomic E-state index is 6.11. The minimum atomic E-state index is 0.432. The van der Waals surface area contributed by atoms with Crippen LogP contribution in [-0.4, -0.2) is 13.2 Å². The first kappa shape index (κ1) is 12.7. The molecule has 1 fully saturated rings. The highest BCUT2D eigenvalue weighted by Crippen LogP contribution is 2.31. The van der Waals surface area contributed by atoms with Gasteiger partial charge in [-0.1, -0.05) is 18.5 Å². The highest BCUT2D eigenvalue weighted by atomic mass is 35.5. The summed E-state index contributed by atoms with van der Waals surface area (Å²) in [6.45, 7) is 3.69. The van der Waals surface area contributed by atoms with Crippen LogP contribution >= 0.6 is 11.6 Å². The van der Waals surface area contributed by atoms with Gasteiger partial charge in [0.2, 0.25) is 0 Å². The minimum absolute atomic E-state index is 0.432. The Morgan fingerprint density at radius 3 is 2.82 bits per heavy atom. The van der Waals surface area contributed by atoms with Gasteiger partial charge < -0.3 is 10.5 Å². The van der Waals surface area contributed by atoms with E-state index in [4.69, 9.17) is 22.1 Å². The molecule has 0 bridgehead atoms. The van der Waals surface area contributed by atoms with Gasteiger partial charge in [0.05, 0.1) is 6.61 Å². The fourth-order valence-electron chi connectivity index (χ4n) is 1.87. The minimum Gasteiger partial charge on any atom is -0.493 e. The molecular weight excluding hydrogens is 234 g/mol. The molecule has 1 aliphatic rings. The summed E-state index contributed by atoms with van der Waals surface area (Å²) in [6.07, 6.45) is 3.58. The van der Waals surface area contributed by atoms with Crippen LogP contribution in [0.3, 0.4) is 0 Å². The number of halogens is 1. The van der Waals surface area contributed by atoms with E-state index >= 15 is 0 Å². The van der Waals surface area contributed by atoms with Crippen molar-refractivity contribution in [2.75, 3.05) is 13.2 Å². The molecule has 1 aromatic carbocycles. The van der Waals surface area contributed by atoms with Crippen molar-refractivity contribution in [1.29, 1.82) is 0 Å². The summed E-state index contributed by atoms with van der Waals surface area (Å²) in [7, 11) is 0. The SMILES string of the molecule is CC(CCN)c1cc(Cl)cc(OCC2CC2)c1. The lowest BCUT2D eigenvalue weighted by molar-refractivity contribution is 0.299. The van der Waals surface area contributed by atoms with Crippen LogP contribution in [0, 0.1) is 5.92 Å². The summed E-state index contributed by atoms with van der Waals surface area (Å²) in [5.41, 5.74) is 6.80. The molecule has 0 aromatic heterocycles. The molecule has 0 radical (unpaired) electrons. The third kappa shape index (κ3) is 3.90. The average Bonchev–Trinajstić information content (AvgIpc) is 3.10. The van der Waals surface area contributed by atoms with E-state index in [1.54, 1.807) is 0 Å². The van der Waals surface area contributed by atoms with Crippen molar-refractivity contribution in [3.63, 3.8) is 0 Å². The molecular formula is C14H20ClNO. The number of hydrogen-bond acceptors (Lipinski definition) is 2. The Morgan fingerprint density at radius 2 is 2.18 bits per heavy atom. The lowest BCUT2D eigenvalue weighted by atomic mass is 9.98. The fraction of sp³-hybridized carbons (Fsp3) is 0.571. The normalized spacial score (nSPS) is 16.9. The zero-order valence-corrected chi connectivity index (χ0v) is 11.0. The molecule has 0 saturated heterocycles. The standard InChI is InChI=1S/C14H20ClNO/c1-10(4-5-16)12-6-13(15)8-14(7-12)17-9-11-2-3-11/h6-8,10-11H,2-5,9,16H2,1H3. The predicted molar refractivity (Wildman–Crippen MR) is 71.8 cm³/mol. The van der Waals surface area contributed by atoms with Crippen molar-refractivity contribution in [2.24, 2.45) is 11.7 Å². The summed E-state index contributed by atoms with van der Waals surface area (Å²) >= 11 is 6.11. The summed E-state index contributed by atoms with van der Waals surface area (Å²) in [5.74, 6) is 2.09. The van der Waals surface area contributed by atoms with Gasteiger partial charge in [-0.05, 0) is 61.4 Å². The average molecular weight is 254 g/mol. The van der Waals surface area contributed by atoms with Gasteiger partial charge in [0.15, 0.2) is 0 Å². The Balaban J connectivity index is 2.04. The van der Waals surface area contributed by atoms with Crippen molar-refractivity contribution in [2.45, 2.75) is 32.1 Å². The molecule has 0 aliphatic heterocycles. The van der Waals surface area contributed by atoms with E-state index in [1.165, 1.54) is 18.4 Å². The molecule has 1 aliphatic carbocycles. The molecule has 1 atom stereocenters. The highest BCUT2D eigenvalue weighted by molar-refractivity contribution is 6.30. The van der Waals surface area contributed by atoms with Gasteiger partial charge in [-0.15, -0.1) is 0 Å². The molecule has 0 spiro atoms. The Morgan fingerprint density at radius 1 is 1.41 bits per heavy atom. The van der Waals surface area contributed by atoms with E-state index in [1.807, 2.05) is 12.1 Å². The topological polar surface area (TPSA) is 35.2 Å². The molecule has 1 aromatic rings. The van der Waals surface area contributed by atoms with E-state index in [-0.39, 0.29) is 0 Å². The van der Waals surface area contributed by atoms with Gasteiger partial charge in [0, 0.05) is 5.02 Å². The quantitative estimate of drug-likeness (QED) is 0.841. The van der Waals surface area contributed by atoms with Gasteiger partial charge in [-0.3, -0.25) is 0 Å². The van der Waals surface area contributed by atoms with E-state index in [9.17, 15) is 0 Å². The van der Waals surface area contributed by atoms with Crippen LogP contribution in [0.4, 0.5) is 0 Å². The van der Waals surface area contributed by atoms with Crippen molar-refractivity contribution in [3.8, 4) is 5.75 Å². The van der Waals surface area contributed by atoms with Crippen molar-refractivity contribution in [1.82, 2.24) is 0 Å². The van der Waals surface area contributed by atoms with Gasteiger partial charge in [-0.25, -0.2) is 0 Å². The second kappa shape index (κ2) is 5.74. The molecule has 0 heterocycles. The predicted octanol–water partition coefficient (Wildman–Crippen LogP) is 3.58. The van der Waals surface area contributed by atoms with E-state index < -0.39 is 0 Å². The smallest absolute Gasteiger partial charge is 0.121 e. The maximum absolute atomic E-state index is 6.11. The molecule has 2 rings (SSSR count). The van der Waals surface area contributed by atoms with Crippen molar-refractivity contribution < 1.29 is 4.74 Å². The number of ether oxygens (including phenoxy) is 1. The first-order valence-electron chi connectivity index (χ1n) is 6.32. The molecule has 94 valence electrons. The first-order valence-corrected chi connectivity index (χ1v) is 6.70. The van der Waals surface area contributed by atoms with Gasteiger partial charge in [0.25, 0.3) is 0 Å². The van der Waals surface area contributed by atoms with Crippen LogP contribution in [0.25, 0.3) is 0 Å². The Hall–Kier alpha value is -0.730. The molecule has 0 amide bonds. The number of hydrogen-bond donors (Lipinski definition) is 1. The fourth-order valence-corrected chi connectivity index (χ4v) is 2.10. The van der Waals surface area contributed by atoms with Crippen molar-refractivity contribution >= 4 is 11.6 Å². The van der Waals surface area contributed by atoms with Crippen LogP contribution in [0.5, 0.6) is 5.75 Å². The second-order valence-corrected chi connectivity index (χ2v) is 5.39. The third-order valence-corrected chi connectivity index (χ3v) is 3.46. The first-order chi connectivity index (χ1) is 8.19. The molecule has 2 N–H and O–H groups in total.